The van der Waals surface area contributed by atoms with Gasteiger partial charge in [-0.15, -0.1) is 0 Å². The second-order valence-corrected chi connectivity index (χ2v) is 5.30. The Morgan fingerprint density at radius 2 is 2.06 bits per heavy atom. The number of carboxylic acid groups (broad SMARTS) is 1. The molecule has 4 nitrogen and oxygen atoms in total. The van der Waals surface area contributed by atoms with Crippen molar-refractivity contribution in [3.05, 3.63) is 22.2 Å². The maximum absolute atomic E-state index is 11.1. The first-order valence-electron chi connectivity index (χ1n) is 5.07. The quantitative estimate of drug-likeness (QED) is 0.897. The van der Waals surface area contributed by atoms with E-state index in [1.54, 1.807) is 19.9 Å². The van der Waals surface area contributed by atoms with Crippen molar-refractivity contribution in [1.82, 2.24) is 0 Å². The van der Waals surface area contributed by atoms with E-state index in [0.29, 0.717) is 11.3 Å². The highest BCUT2D eigenvalue weighted by Crippen LogP contribution is 2.39. The molecule has 0 atom stereocenters. The summed E-state index contributed by atoms with van der Waals surface area (Å²) in [5, 5.41) is 18.8. The lowest BCUT2D eigenvalue weighted by Crippen LogP contribution is -2.26. The molecule has 1 rings (SSSR count). The number of ether oxygens (including phenoxy) is 1. The van der Waals surface area contributed by atoms with E-state index in [4.69, 9.17) is 9.84 Å². The van der Waals surface area contributed by atoms with Gasteiger partial charge in [0.2, 0.25) is 0 Å². The van der Waals surface area contributed by atoms with Gasteiger partial charge in [-0.3, -0.25) is 4.79 Å². The number of aliphatic carboxylic acids is 1. The van der Waals surface area contributed by atoms with Gasteiger partial charge >= 0.3 is 5.97 Å². The average Bonchev–Trinajstić information content (AvgIpc) is 2.23. The molecule has 94 valence electrons. The number of aromatic hydroxyl groups is 1. The van der Waals surface area contributed by atoms with Crippen LogP contribution in [0.25, 0.3) is 0 Å². The fourth-order valence-corrected chi connectivity index (χ4v) is 1.95. The van der Waals surface area contributed by atoms with Crippen LogP contribution in [0.2, 0.25) is 0 Å². The molecule has 0 aliphatic carbocycles. The summed E-state index contributed by atoms with van der Waals surface area (Å²) in [7, 11) is 1.44. The van der Waals surface area contributed by atoms with Gasteiger partial charge < -0.3 is 14.9 Å². The molecule has 0 radical (unpaired) electrons. The molecular weight excluding hydrogens is 288 g/mol. The van der Waals surface area contributed by atoms with Gasteiger partial charge in [0.1, 0.15) is 0 Å². The Hall–Kier alpha value is -1.23. The van der Waals surface area contributed by atoms with Crippen LogP contribution in [0.4, 0.5) is 0 Å². The molecule has 0 heterocycles. The number of carbonyl (C=O) groups is 1. The fraction of sp³-hybridized carbons (Fsp3) is 0.417. The van der Waals surface area contributed by atoms with Crippen molar-refractivity contribution in [3.8, 4) is 11.5 Å². The molecule has 0 fully saturated rings. The molecule has 0 amide bonds. The van der Waals surface area contributed by atoms with Crippen molar-refractivity contribution in [2.75, 3.05) is 7.11 Å². The zero-order chi connectivity index (χ0) is 13.2. The van der Waals surface area contributed by atoms with E-state index < -0.39 is 11.4 Å². The van der Waals surface area contributed by atoms with Crippen LogP contribution in [0.3, 0.4) is 0 Å². The summed E-state index contributed by atoms with van der Waals surface area (Å²) < 4.78 is 5.83. The van der Waals surface area contributed by atoms with Gasteiger partial charge in [0, 0.05) is 10.0 Å². The fourth-order valence-electron chi connectivity index (χ4n) is 1.50. The SMILES string of the molecule is COc1c(O)ccc(Br)c1CC(C)(C)C(=O)O. The predicted octanol–water partition coefficient (Wildman–Crippen LogP) is 2.82. The number of phenolic OH excluding ortho intramolecular Hbond substituents is 1. The van der Waals surface area contributed by atoms with Crippen LogP contribution in [0, 0.1) is 5.41 Å². The highest BCUT2D eigenvalue weighted by molar-refractivity contribution is 9.10. The van der Waals surface area contributed by atoms with Gasteiger partial charge in [-0.05, 0) is 32.4 Å². The molecular formula is C12H15BrO4. The molecule has 2 N–H and O–H groups in total. The Morgan fingerprint density at radius 3 is 2.53 bits per heavy atom. The first kappa shape index (κ1) is 13.8. The molecule has 0 unspecified atom stereocenters. The Balaban J connectivity index is 3.22. The minimum Gasteiger partial charge on any atom is -0.504 e. The number of methoxy groups -OCH3 is 1. The molecule has 0 aromatic heterocycles. The van der Waals surface area contributed by atoms with Crippen molar-refractivity contribution in [1.29, 1.82) is 0 Å². The summed E-state index contributed by atoms with van der Waals surface area (Å²) in [6, 6.07) is 3.17. The molecule has 1 aromatic carbocycles. The maximum atomic E-state index is 11.1. The molecule has 0 spiro atoms. The van der Waals surface area contributed by atoms with Gasteiger partial charge in [0.25, 0.3) is 0 Å². The second kappa shape index (κ2) is 4.96. The Labute approximate surface area is 108 Å². The van der Waals surface area contributed by atoms with Crippen molar-refractivity contribution in [2.45, 2.75) is 20.3 Å². The van der Waals surface area contributed by atoms with E-state index in [1.165, 1.54) is 13.2 Å². The van der Waals surface area contributed by atoms with Crippen molar-refractivity contribution in [3.63, 3.8) is 0 Å². The lowest BCUT2D eigenvalue weighted by molar-refractivity contribution is -0.146. The van der Waals surface area contributed by atoms with Gasteiger partial charge in [0.15, 0.2) is 11.5 Å². The van der Waals surface area contributed by atoms with Crippen LogP contribution >= 0.6 is 15.9 Å². The Kier molecular flexibility index (Phi) is 4.03. The van der Waals surface area contributed by atoms with Gasteiger partial charge in [0.05, 0.1) is 12.5 Å². The summed E-state index contributed by atoms with van der Waals surface area (Å²) in [5.41, 5.74) is -0.274. The molecule has 0 aliphatic rings. The normalized spacial score (nSPS) is 11.3. The highest BCUT2D eigenvalue weighted by Gasteiger charge is 2.30. The number of phenols is 1. The Bertz CT molecular complexity index is 440. The van der Waals surface area contributed by atoms with Gasteiger partial charge in [-0.2, -0.15) is 0 Å². The monoisotopic (exact) mass is 302 g/mol. The summed E-state index contributed by atoms with van der Waals surface area (Å²) in [6.45, 7) is 3.26. The van der Waals surface area contributed by atoms with Crippen LogP contribution < -0.4 is 4.74 Å². The lowest BCUT2D eigenvalue weighted by atomic mass is 9.85. The molecule has 0 aliphatic heterocycles. The first-order valence-corrected chi connectivity index (χ1v) is 5.86. The topological polar surface area (TPSA) is 66.8 Å². The van der Waals surface area contributed by atoms with Gasteiger partial charge in [-0.25, -0.2) is 0 Å². The first-order chi connectivity index (χ1) is 7.79. The average molecular weight is 303 g/mol. The number of hydrogen-bond donors (Lipinski definition) is 2. The third-order valence-corrected chi connectivity index (χ3v) is 3.33. The van der Waals surface area contributed by atoms with E-state index in [-0.39, 0.29) is 12.2 Å². The van der Waals surface area contributed by atoms with Crippen LogP contribution in [-0.4, -0.2) is 23.3 Å². The highest BCUT2D eigenvalue weighted by atomic mass is 79.9. The minimum atomic E-state index is -0.927. The van der Waals surface area contributed by atoms with Crippen LogP contribution in [-0.2, 0) is 11.2 Å². The zero-order valence-electron chi connectivity index (χ0n) is 9.95. The van der Waals surface area contributed by atoms with Crippen molar-refractivity contribution >= 4 is 21.9 Å². The van der Waals surface area contributed by atoms with Crippen LogP contribution in [0.15, 0.2) is 16.6 Å². The lowest BCUT2D eigenvalue weighted by Gasteiger charge is -2.21. The minimum absolute atomic E-state index is 0.00638. The number of rotatable bonds is 4. The van der Waals surface area contributed by atoms with E-state index in [2.05, 4.69) is 15.9 Å². The molecule has 17 heavy (non-hydrogen) atoms. The van der Waals surface area contributed by atoms with Crippen LogP contribution in [0.5, 0.6) is 11.5 Å². The summed E-state index contributed by atoms with van der Waals surface area (Å²) in [5.74, 6) is -0.574. The van der Waals surface area contributed by atoms with E-state index in [0.717, 1.165) is 4.47 Å². The number of hydrogen-bond acceptors (Lipinski definition) is 3. The molecule has 5 heteroatoms. The molecule has 0 saturated heterocycles. The molecule has 0 saturated carbocycles. The largest absolute Gasteiger partial charge is 0.504 e. The summed E-state index contributed by atoms with van der Waals surface area (Å²) in [4.78, 5) is 11.1. The number of carboxylic acids is 1. The van der Waals surface area contributed by atoms with Crippen molar-refractivity contribution in [2.24, 2.45) is 5.41 Å². The Morgan fingerprint density at radius 1 is 1.47 bits per heavy atom. The smallest absolute Gasteiger partial charge is 0.309 e. The maximum Gasteiger partial charge on any atom is 0.309 e. The summed E-state index contributed by atoms with van der Waals surface area (Å²) in [6.07, 6.45) is 0.264. The number of benzene rings is 1. The number of halogens is 1. The second-order valence-electron chi connectivity index (χ2n) is 4.44. The predicted molar refractivity (Wildman–Crippen MR) is 67.5 cm³/mol. The van der Waals surface area contributed by atoms with Gasteiger partial charge in [-0.1, -0.05) is 15.9 Å². The van der Waals surface area contributed by atoms with Crippen molar-refractivity contribution < 1.29 is 19.7 Å². The summed E-state index contributed by atoms with van der Waals surface area (Å²) >= 11 is 3.34. The third kappa shape index (κ3) is 2.91. The molecule has 1 aromatic rings. The third-order valence-electron chi connectivity index (χ3n) is 2.58. The van der Waals surface area contributed by atoms with E-state index in [9.17, 15) is 9.90 Å². The molecule has 0 bridgehead atoms. The van der Waals surface area contributed by atoms with Crippen LogP contribution in [0.1, 0.15) is 19.4 Å². The zero-order valence-corrected chi connectivity index (χ0v) is 11.5. The van der Waals surface area contributed by atoms with E-state index in [1.807, 2.05) is 0 Å². The van der Waals surface area contributed by atoms with E-state index >= 15 is 0 Å². The standard InChI is InChI=1S/C12H15BrO4/c1-12(2,11(15)16)6-7-8(13)4-5-9(14)10(7)17-3/h4-5,14H,6H2,1-3H3,(H,15,16).